The van der Waals surface area contributed by atoms with Crippen LogP contribution in [0.3, 0.4) is 0 Å². The SMILES string of the molecule is CCS(C)(=O)=NC(=O)OC. The molecule has 0 rings (SSSR count). The molecule has 0 spiro atoms. The van der Waals surface area contributed by atoms with Gasteiger partial charge in [0.05, 0.1) is 16.8 Å². The molecule has 1 amide bonds. The van der Waals surface area contributed by atoms with Crippen LogP contribution in [0.1, 0.15) is 6.92 Å². The van der Waals surface area contributed by atoms with Crippen molar-refractivity contribution < 1.29 is 13.7 Å². The van der Waals surface area contributed by atoms with E-state index in [9.17, 15) is 9.00 Å². The standard InChI is InChI=1S/C5H11NO3S/c1-4-10(3,8)6-5(7)9-2/h4H2,1-3H3. The van der Waals surface area contributed by atoms with Crippen molar-refractivity contribution in [2.75, 3.05) is 19.1 Å². The number of rotatable bonds is 1. The molecule has 0 heterocycles. The highest BCUT2D eigenvalue weighted by atomic mass is 32.2. The molecule has 0 aromatic heterocycles. The number of hydrogen-bond donors (Lipinski definition) is 0. The molecule has 0 aromatic rings. The summed E-state index contributed by atoms with van der Waals surface area (Å²) in [4.78, 5) is 10.4. The minimum absolute atomic E-state index is 0.363. The van der Waals surface area contributed by atoms with Crippen LogP contribution in [0.4, 0.5) is 4.79 Å². The highest BCUT2D eigenvalue weighted by Gasteiger charge is 2.01. The Balaban J connectivity index is 4.44. The molecule has 1 atom stereocenters. The van der Waals surface area contributed by atoms with E-state index >= 15 is 0 Å². The first kappa shape index (κ1) is 9.42. The molecule has 1 unspecified atom stereocenters. The second-order valence-electron chi connectivity index (χ2n) is 1.81. The Bertz CT molecular complexity index is 227. The van der Waals surface area contributed by atoms with E-state index in [0.29, 0.717) is 5.75 Å². The molecule has 0 saturated carbocycles. The Morgan fingerprint density at radius 3 is 2.50 bits per heavy atom. The van der Waals surface area contributed by atoms with E-state index in [1.807, 2.05) is 0 Å². The van der Waals surface area contributed by atoms with Crippen molar-refractivity contribution in [2.45, 2.75) is 6.92 Å². The van der Waals surface area contributed by atoms with Crippen molar-refractivity contribution in [3.05, 3.63) is 0 Å². The number of ether oxygens (including phenoxy) is 1. The topological polar surface area (TPSA) is 55.7 Å². The third kappa shape index (κ3) is 3.45. The lowest BCUT2D eigenvalue weighted by molar-refractivity contribution is 0.183. The van der Waals surface area contributed by atoms with E-state index in [-0.39, 0.29) is 0 Å². The van der Waals surface area contributed by atoms with Gasteiger partial charge in [0.2, 0.25) is 0 Å². The Morgan fingerprint density at radius 2 is 2.20 bits per heavy atom. The van der Waals surface area contributed by atoms with E-state index in [0.717, 1.165) is 0 Å². The second kappa shape index (κ2) is 3.55. The van der Waals surface area contributed by atoms with Gasteiger partial charge in [0.25, 0.3) is 0 Å². The average Bonchev–Trinajstić information content (AvgIpc) is 1.87. The van der Waals surface area contributed by atoms with E-state index in [2.05, 4.69) is 9.10 Å². The summed E-state index contributed by atoms with van der Waals surface area (Å²) in [7, 11) is -1.13. The van der Waals surface area contributed by atoms with Gasteiger partial charge in [-0.3, -0.25) is 0 Å². The predicted octanol–water partition coefficient (Wildman–Crippen LogP) is 0.871. The monoisotopic (exact) mass is 165 g/mol. The lowest BCUT2D eigenvalue weighted by Gasteiger charge is -1.96. The van der Waals surface area contributed by atoms with Gasteiger partial charge in [-0.05, 0) is 0 Å². The quantitative estimate of drug-likeness (QED) is 0.579. The zero-order valence-electron chi connectivity index (χ0n) is 6.29. The van der Waals surface area contributed by atoms with Crippen LogP contribution in [0.5, 0.6) is 0 Å². The molecule has 10 heavy (non-hydrogen) atoms. The van der Waals surface area contributed by atoms with Gasteiger partial charge in [0, 0.05) is 12.0 Å². The van der Waals surface area contributed by atoms with Crippen molar-refractivity contribution in [3.8, 4) is 0 Å². The van der Waals surface area contributed by atoms with Gasteiger partial charge in [-0.2, -0.15) is 0 Å². The molecule has 60 valence electrons. The van der Waals surface area contributed by atoms with Crippen LogP contribution >= 0.6 is 0 Å². The maximum atomic E-state index is 11.1. The van der Waals surface area contributed by atoms with Gasteiger partial charge >= 0.3 is 6.09 Å². The number of nitrogens with zero attached hydrogens (tertiary/aromatic N) is 1. The first-order valence-electron chi connectivity index (χ1n) is 2.79. The summed E-state index contributed by atoms with van der Waals surface area (Å²) in [5.41, 5.74) is 0. The van der Waals surface area contributed by atoms with E-state index in [1.165, 1.54) is 13.4 Å². The Labute approximate surface area is 60.8 Å². The molecule has 0 fully saturated rings. The maximum absolute atomic E-state index is 11.1. The number of amides is 1. The minimum Gasteiger partial charge on any atom is -0.451 e. The van der Waals surface area contributed by atoms with Crippen molar-refractivity contribution in [1.82, 2.24) is 0 Å². The third-order valence-electron chi connectivity index (χ3n) is 0.978. The summed E-state index contributed by atoms with van der Waals surface area (Å²) in [6, 6.07) is 0. The Morgan fingerprint density at radius 1 is 1.70 bits per heavy atom. The molecular formula is C5H11NO3S. The Kier molecular flexibility index (Phi) is 3.35. The zero-order valence-corrected chi connectivity index (χ0v) is 7.10. The molecule has 0 aliphatic carbocycles. The largest absolute Gasteiger partial charge is 0.451 e. The molecule has 5 heteroatoms. The zero-order chi connectivity index (χ0) is 8.20. The van der Waals surface area contributed by atoms with Crippen molar-refractivity contribution >= 4 is 15.8 Å². The molecule has 0 saturated heterocycles. The molecule has 0 aromatic carbocycles. The fourth-order valence-corrected chi connectivity index (χ4v) is 0.778. The molecule has 0 N–H and O–H groups in total. The van der Waals surface area contributed by atoms with Gasteiger partial charge in [0.1, 0.15) is 0 Å². The summed E-state index contributed by atoms with van der Waals surface area (Å²) in [5.74, 6) is 0.363. The van der Waals surface area contributed by atoms with Crippen LogP contribution in [0, 0.1) is 0 Å². The first-order valence-corrected chi connectivity index (χ1v) is 4.89. The first-order chi connectivity index (χ1) is 4.52. The minimum atomic E-state index is -2.33. The van der Waals surface area contributed by atoms with Crippen LogP contribution in [0.25, 0.3) is 0 Å². The molecule has 0 aliphatic heterocycles. The van der Waals surface area contributed by atoms with Crippen molar-refractivity contribution in [3.63, 3.8) is 0 Å². The van der Waals surface area contributed by atoms with Crippen molar-refractivity contribution in [2.24, 2.45) is 4.36 Å². The molecule has 0 aliphatic rings. The van der Waals surface area contributed by atoms with Crippen LogP contribution in [-0.2, 0) is 14.5 Å². The second-order valence-corrected chi connectivity index (χ2v) is 4.49. The van der Waals surface area contributed by atoms with E-state index < -0.39 is 15.8 Å². The van der Waals surface area contributed by atoms with Crippen LogP contribution in [0.15, 0.2) is 4.36 Å². The van der Waals surface area contributed by atoms with Gasteiger partial charge in [-0.25, -0.2) is 9.00 Å². The lowest BCUT2D eigenvalue weighted by atomic mass is 11.0. The number of methoxy groups -OCH3 is 1. The highest BCUT2D eigenvalue weighted by molar-refractivity contribution is 7.93. The van der Waals surface area contributed by atoms with Gasteiger partial charge in [-0.1, -0.05) is 6.92 Å². The number of carbonyl (C=O) groups is 1. The lowest BCUT2D eigenvalue weighted by Crippen LogP contribution is -2.04. The van der Waals surface area contributed by atoms with Gasteiger partial charge in [0.15, 0.2) is 0 Å². The number of hydrogen-bond acceptors (Lipinski definition) is 3. The molecule has 4 nitrogen and oxygen atoms in total. The highest BCUT2D eigenvalue weighted by Crippen LogP contribution is 1.92. The predicted molar refractivity (Wildman–Crippen MR) is 39.4 cm³/mol. The van der Waals surface area contributed by atoms with E-state index in [4.69, 9.17) is 0 Å². The van der Waals surface area contributed by atoms with Crippen LogP contribution in [0.2, 0.25) is 0 Å². The summed E-state index contributed by atoms with van der Waals surface area (Å²) in [5, 5.41) is 0. The summed E-state index contributed by atoms with van der Waals surface area (Å²) < 4.78 is 18.6. The molecular weight excluding hydrogens is 154 g/mol. The normalized spacial score (nSPS) is 15.5. The fourth-order valence-electron chi connectivity index (χ4n) is 0.259. The third-order valence-corrected chi connectivity index (χ3v) is 2.58. The molecule has 0 radical (unpaired) electrons. The average molecular weight is 165 g/mol. The van der Waals surface area contributed by atoms with Crippen molar-refractivity contribution in [1.29, 1.82) is 0 Å². The molecule has 0 bridgehead atoms. The van der Waals surface area contributed by atoms with Crippen LogP contribution in [-0.4, -0.2) is 29.4 Å². The Hall–Kier alpha value is -0.580. The maximum Gasteiger partial charge on any atom is 0.441 e. The van der Waals surface area contributed by atoms with Gasteiger partial charge < -0.3 is 4.74 Å². The van der Waals surface area contributed by atoms with Crippen LogP contribution < -0.4 is 0 Å². The summed E-state index contributed by atoms with van der Waals surface area (Å²) >= 11 is 0. The number of carbonyl (C=O) groups excluding carboxylic acids is 1. The summed E-state index contributed by atoms with van der Waals surface area (Å²) in [6.45, 7) is 1.70. The van der Waals surface area contributed by atoms with E-state index in [1.54, 1.807) is 6.92 Å². The van der Waals surface area contributed by atoms with Gasteiger partial charge in [-0.15, -0.1) is 4.36 Å². The smallest absolute Gasteiger partial charge is 0.441 e. The summed E-state index contributed by atoms with van der Waals surface area (Å²) in [6.07, 6.45) is 0.651. The fraction of sp³-hybridized carbons (Fsp3) is 0.800.